The maximum atomic E-state index is 12.2. The number of primary sulfonamides is 1. The van der Waals surface area contributed by atoms with Crippen molar-refractivity contribution in [1.29, 1.82) is 0 Å². The van der Waals surface area contributed by atoms with Crippen LogP contribution in [0.2, 0.25) is 5.02 Å². The highest BCUT2D eigenvalue weighted by molar-refractivity contribution is 7.98. The van der Waals surface area contributed by atoms with E-state index in [-0.39, 0.29) is 22.8 Å². The van der Waals surface area contributed by atoms with Gasteiger partial charge in [0, 0.05) is 23.4 Å². The molecule has 0 aliphatic rings. The molecule has 4 N–H and O–H groups in total. The highest BCUT2D eigenvalue weighted by atomic mass is 35.5. The zero-order valence-electron chi connectivity index (χ0n) is 16.9. The summed E-state index contributed by atoms with van der Waals surface area (Å²) in [5.41, 5.74) is 1.89. The second-order valence-electron chi connectivity index (χ2n) is 6.93. The van der Waals surface area contributed by atoms with Crippen molar-refractivity contribution in [1.82, 2.24) is 15.3 Å². The number of nitrogens with two attached hydrogens (primary N) is 1. The normalized spacial score (nSPS) is 11.3. The van der Waals surface area contributed by atoms with Crippen molar-refractivity contribution in [2.24, 2.45) is 5.14 Å². The predicted molar refractivity (Wildman–Crippen MR) is 124 cm³/mol. The molecule has 11 heteroatoms. The number of carbonyl (C=O) groups excluding carboxylic acids is 1. The number of nitrogens with one attached hydrogen (secondary N) is 2. The third-order valence-electron chi connectivity index (χ3n) is 4.37. The number of halogens is 1. The molecule has 0 atom stereocenters. The molecular weight excluding hydrogens is 472 g/mol. The lowest BCUT2D eigenvalue weighted by molar-refractivity contribution is -0.120. The van der Waals surface area contributed by atoms with Gasteiger partial charge in [-0.15, -0.1) is 0 Å². The first-order valence-electron chi connectivity index (χ1n) is 9.55. The third-order valence-corrected chi connectivity index (χ3v) is 6.48. The molecule has 1 amide bonds. The van der Waals surface area contributed by atoms with Crippen LogP contribution in [-0.4, -0.2) is 30.8 Å². The van der Waals surface area contributed by atoms with Gasteiger partial charge in [-0.1, -0.05) is 47.6 Å². The zero-order valence-corrected chi connectivity index (χ0v) is 19.3. The fourth-order valence-corrected chi connectivity index (χ4v) is 4.41. The van der Waals surface area contributed by atoms with Crippen LogP contribution in [0.3, 0.4) is 0 Å². The molecule has 0 spiro atoms. The number of carbonyl (C=O) groups is 1. The average Bonchev–Trinajstić information content (AvgIpc) is 2.72. The number of rotatable bonds is 9. The average molecular weight is 493 g/mol. The number of sulfonamides is 1. The van der Waals surface area contributed by atoms with E-state index in [0.717, 1.165) is 11.1 Å². The van der Waals surface area contributed by atoms with Gasteiger partial charge >= 0.3 is 0 Å². The second-order valence-corrected chi connectivity index (χ2v) is 9.89. The number of nitrogens with zero attached hydrogens (tertiary/aromatic N) is 1. The van der Waals surface area contributed by atoms with Crippen LogP contribution in [0.1, 0.15) is 16.8 Å². The molecule has 0 radical (unpaired) electrons. The van der Waals surface area contributed by atoms with Crippen molar-refractivity contribution in [3.63, 3.8) is 0 Å². The van der Waals surface area contributed by atoms with Crippen LogP contribution in [0.4, 0.5) is 0 Å². The van der Waals surface area contributed by atoms with Gasteiger partial charge in [-0.25, -0.2) is 18.5 Å². The molecule has 1 heterocycles. The van der Waals surface area contributed by atoms with Crippen LogP contribution in [0.25, 0.3) is 0 Å². The lowest BCUT2D eigenvalue weighted by Crippen LogP contribution is -2.28. The van der Waals surface area contributed by atoms with Crippen molar-refractivity contribution >= 4 is 39.3 Å². The quantitative estimate of drug-likeness (QED) is 0.310. The Morgan fingerprint density at radius 1 is 1.12 bits per heavy atom. The summed E-state index contributed by atoms with van der Waals surface area (Å²) in [7, 11) is -3.73. The Morgan fingerprint density at radius 2 is 1.88 bits per heavy atom. The number of thioether (sulfide) groups is 1. The van der Waals surface area contributed by atoms with Crippen LogP contribution in [0.15, 0.2) is 69.4 Å². The van der Waals surface area contributed by atoms with Crippen molar-refractivity contribution in [2.45, 2.75) is 28.6 Å². The highest BCUT2D eigenvalue weighted by Crippen LogP contribution is 2.20. The Labute approximate surface area is 194 Å². The number of hydrogen-bond acceptors (Lipinski definition) is 6. The molecule has 32 heavy (non-hydrogen) atoms. The van der Waals surface area contributed by atoms with E-state index in [1.807, 2.05) is 18.2 Å². The SMILES string of the molecule is NS(=O)(=O)c1ccc(CCNC(=O)Cc2cc(=O)[nH]c(SCc3cccc(Cl)c3)n2)cc1. The summed E-state index contributed by atoms with van der Waals surface area (Å²) < 4.78 is 22.6. The Bertz CT molecular complexity index is 1260. The van der Waals surface area contributed by atoms with E-state index in [9.17, 15) is 18.0 Å². The molecule has 2 aromatic carbocycles. The van der Waals surface area contributed by atoms with Gasteiger partial charge in [0.25, 0.3) is 5.56 Å². The molecule has 0 bridgehead atoms. The fraction of sp³-hybridized carbons (Fsp3) is 0.190. The number of aromatic amines is 1. The number of aromatic nitrogens is 2. The molecule has 0 saturated carbocycles. The standard InChI is InChI=1S/C21H21ClN4O4S2/c22-16-3-1-2-15(10-16)13-31-21-25-17(12-20(28)26-21)11-19(27)24-9-8-14-4-6-18(7-5-14)32(23,29)30/h1-7,10,12H,8-9,11,13H2,(H,24,27)(H2,23,29,30)(H,25,26,28). The van der Waals surface area contributed by atoms with E-state index in [0.29, 0.717) is 34.6 Å². The Hall–Kier alpha value is -2.66. The minimum absolute atomic E-state index is 0.0288. The van der Waals surface area contributed by atoms with Crippen molar-refractivity contribution in [3.05, 3.63) is 86.8 Å². The van der Waals surface area contributed by atoms with Gasteiger partial charge in [0.15, 0.2) is 5.16 Å². The minimum atomic E-state index is -3.73. The minimum Gasteiger partial charge on any atom is -0.355 e. The van der Waals surface area contributed by atoms with Crippen LogP contribution in [0.5, 0.6) is 0 Å². The maximum absolute atomic E-state index is 12.2. The summed E-state index contributed by atoms with van der Waals surface area (Å²) in [4.78, 5) is 31.2. The molecule has 1 aromatic heterocycles. The summed E-state index contributed by atoms with van der Waals surface area (Å²) in [5.74, 6) is 0.304. The van der Waals surface area contributed by atoms with E-state index in [4.69, 9.17) is 16.7 Å². The number of hydrogen-bond donors (Lipinski definition) is 3. The lowest BCUT2D eigenvalue weighted by atomic mass is 10.1. The largest absolute Gasteiger partial charge is 0.355 e. The van der Waals surface area contributed by atoms with E-state index in [1.165, 1.54) is 30.0 Å². The summed E-state index contributed by atoms with van der Waals surface area (Å²) in [6.45, 7) is 0.354. The van der Waals surface area contributed by atoms with E-state index in [1.54, 1.807) is 18.2 Å². The van der Waals surface area contributed by atoms with Crippen LogP contribution >= 0.6 is 23.4 Å². The molecule has 8 nitrogen and oxygen atoms in total. The number of benzene rings is 2. The Kier molecular flexibility index (Phi) is 8.08. The van der Waals surface area contributed by atoms with E-state index >= 15 is 0 Å². The molecular formula is C21H21ClN4O4S2. The first-order valence-corrected chi connectivity index (χ1v) is 12.5. The van der Waals surface area contributed by atoms with Gasteiger partial charge in [0.2, 0.25) is 15.9 Å². The summed E-state index contributed by atoms with van der Waals surface area (Å²) in [6, 6.07) is 14.8. The number of H-pyrrole nitrogens is 1. The third kappa shape index (κ3) is 7.49. The van der Waals surface area contributed by atoms with Crippen LogP contribution in [0, 0.1) is 0 Å². The van der Waals surface area contributed by atoms with Gasteiger partial charge in [-0.05, 0) is 41.8 Å². The monoisotopic (exact) mass is 492 g/mol. The smallest absolute Gasteiger partial charge is 0.251 e. The molecule has 168 valence electrons. The van der Waals surface area contributed by atoms with Gasteiger partial charge in [0.05, 0.1) is 17.0 Å². The van der Waals surface area contributed by atoms with Crippen LogP contribution < -0.4 is 16.0 Å². The Morgan fingerprint density at radius 3 is 2.56 bits per heavy atom. The van der Waals surface area contributed by atoms with Gasteiger partial charge in [-0.2, -0.15) is 0 Å². The summed E-state index contributed by atoms with van der Waals surface area (Å²) in [6.07, 6.45) is 0.485. The number of amides is 1. The van der Waals surface area contributed by atoms with E-state index in [2.05, 4.69) is 15.3 Å². The first kappa shape index (κ1) is 24.0. The van der Waals surface area contributed by atoms with Gasteiger partial charge < -0.3 is 10.3 Å². The lowest BCUT2D eigenvalue weighted by Gasteiger charge is -2.07. The molecule has 0 fully saturated rings. The van der Waals surface area contributed by atoms with Crippen molar-refractivity contribution < 1.29 is 13.2 Å². The van der Waals surface area contributed by atoms with Crippen molar-refractivity contribution in [3.8, 4) is 0 Å². The molecule has 0 aliphatic heterocycles. The van der Waals surface area contributed by atoms with Gasteiger partial charge in [0.1, 0.15) is 0 Å². The van der Waals surface area contributed by atoms with Crippen molar-refractivity contribution in [2.75, 3.05) is 6.54 Å². The molecule has 0 unspecified atom stereocenters. The predicted octanol–water partition coefficient (Wildman–Crippen LogP) is 2.26. The Balaban J connectivity index is 1.51. The molecule has 3 aromatic rings. The molecule has 3 rings (SSSR count). The summed E-state index contributed by atoms with van der Waals surface area (Å²) >= 11 is 7.33. The summed E-state index contributed by atoms with van der Waals surface area (Å²) in [5, 5.41) is 8.91. The molecule has 0 saturated heterocycles. The van der Waals surface area contributed by atoms with Gasteiger partial charge in [-0.3, -0.25) is 9.59 Å². The highest BCUT2D eigenvalue weighted by Gasteiger charge is 2.09. The zero-order chi connectivity index (χ0) is 23.1. The topological polar surface area (TPSA) is 135 Å². The second kappa shape index (κ2) is 10.8. The van der Waals surface area contributed by atoms with E-state index < -0.39 is 10.0 Å². The fourth-order valence-electron chi connectivity index (χ4n) is 2.84. The molecule has 0 aliphatic carbocycles. The first-order chi connectivity index (χ1) is 15.2. The van der Waals surface area contributed by atoms with Crippen LogP contribution in [-0.2, 0) is 33.4 Å². The maximum Gasteiger partial charge on any atom is 0.251 e.